The molecule has 1 aliphatic rings. The number of amides is 1. The van der Waals surface area contributed by atoms with Crippen LogP contribution in [0.5, 0.6) is 28.7 Å². The van der Waals surface area contributed by atoms with Gasteiger partial charge < -0.3 is 33.5 Å². The summed E-state index contributed by atoms with van der Waals surface area (Å²) in [6.07, 6.45) is 0. The van der Waals surface area contributed by atoms with Crippen LogP contribution in [-0.2, 0) is 14.8 Å². The lowest BCUT2D eigenvalue weighted by molar-refractivity contribution is -0.129. The molecule has 11 nitrogen and oxygen atoms in total. The average Bonchev–Trinajstić information content (AvgIpc) is 3.02. The molecule has 1 saturated heterocycles. The minimum atomic E-state index is -4.28. The van der Waals surface area contributed by atoms with Gasteiger partial charge in [-0.3, -0.25) is 9.10 Å². The maximum atomic E-state index is 14.1. The predicted octanol–water partition coefficient (Wildman–Crippen LogP) is 3.27. The molecule has 0 atom stereocenters. The molecule has 4 rings (SSSR count). The van der Waals surface area contributed by atoms with Crippen molar-refractivity contribution in [1.29, 1.82) is 0 Å². The second kappa shape index (κ2) is 12.9. The first-order chi connectivity index (χ1) is 19.8. The van der Waals surface area contributed by atoms with Crippen molar-refractivity contribution in [3.63, 3.8) is 0 Å². The van der Waals surface area contributed by atoms with Gasteiger partial charge >= 0.3 is 0 Å². The number of carbonyl (C=O) groups excluding carboxylic acids is 1. The Bertz CT molecular complexity index is 1470. The van der Waals surface area contributed by atoms with E-state index in [0.717, 1.165) is 15.7 Å². The largest absolute Gasteiger partial charge is 0.497 e. The van der Waals surface area contributed by atoms with E-state index >= 15 is 0 Å². The van der Waals surface area contributed by atoms with Gasteiger partial charge in [-0.05, 0) is 36.4 Å². The van der Waals surface area contributed by atoms with E-state index in [1.54, 1.807) is 24.1 Å². The van der Waals surface area contributed by atoms with Gasteiger partial charge in [-0.25, -0.2) is 8.42 Å². The summed E-state index contributed by atoms with van der Waals surface area (Å²) in [6, 6.07) is 16.8. The van der Waals surface area contributed by atoms with E-state index in [2.05, 4.69) is 4.90 Å². The van der Waals surface area contributed by atoms with Crippen molar-refractivity contribution in [2.75, 3.05) is 77.5 Å². The third kappa shape index (κ3) is 6.22. The van der Waals surface area contributed by atoms with Crippen LogP contribution in [0.3, 0.4) is 0 Å². The Morgan fingerprint density at radius 2 is 1.37 bits per heavy atom. The second-order valence-electron chi connectivity index (χ2n) is 9.11. The Labute approximate surface area is 240 Å². The fourth-order valence-corrected chi connectivity index (χ4v) is 6.14. The zero-order valence-corrected chi connectivity index (χ0v) is 24.6. The summed E-state index contributed by atoms with van der Waals surface area (Å²) in [5, 5.41) is 0. The third-order valence-electron chi connectivity index (χ3n) is 6.93. The maximum Gasteiger partial charge on any atom is 0.265 e. The number of hydrogen-bond donors (Lipinski definition) is 0. The number of para-hydroxylation sites is 2. The van der Waals surface area contributed by atoms with Crippen molar-refractivity contribution < 1.29 is 36.9 Å². The summed E-state index contributed by atoms with van der Waals surface area (Å²) in [6.45, 7) is 1.51. The first-order valence-corrected chi connectivity index (χ1v) is 14.3. The van der Waals surface area contributed by atoms with Crippen LogP contribution in [0.25, 0.3) is 0 Å². The molecule has 12 heteroatoms. The van der Waals surface area contributed by atoms with Crippen LogP contribution in [0.4, 0.5) is 11.4 Å². The summed E-state index contributed by atoms with van der Waals surface area (Å²) in [5.74, 6) is 1.70. The van der Waals surface area contributed by atoms with Gasteiger partial charge in [0.05, 0.1) is 51.8 Å². The van der Waals surface area contributed by atoms with Crippen molar-refractivity contribution in [3.8, 4) is 28.7 Å². The topological polar surface area (TPSA) is 107 Å². The molecule has 0 saturated carbocycles. The average molecular weight is 586 g/mol. The molecule has 1 fully saturated rings. The van der Waals surface area contributed by atoms with Gasteiger partial charge in [-0.15, -0.1) is 0 Å². The summed E-state index contributed by atoms with van der Waals surface area (Å²) >= 11 is 0. The summed E-state index contributed by atoms with van der Waals surface area (Å²) in [5.41, 5.74) is 1.11. The van der Waals surface area contributed by atoms with E-state index < -0.39 is 16.6 Å². The molecular weight excluding hydrogens is 550 g/mol. The lowest BCUT2D eigenvalue weighted by Gasteiger charge is -2.37. The molecule has 0 N–H and O–H groups in total. The number of rotatable bonds is 11. The number of hydrogen-bond acceptors (Lipinski definition) is 9. The van der Waals surface area contributed by atoms with Gasteiger partial charge in [0.1, 0.15) is 23.8 Å². The highest BCUT2D eigenvalue weighted by Gasteiger charge is 2.33. The number of benzene rings is 3. The molecule has 1 amide bonds. The van der Waals surface area contributed by atoms with E-state index in [-0.39, 0.29) is 28.0 Å². The van der Waals surface area contributed by atoms with Crippen molar-refractivity contribution in [2.24, 2.45) is 0 Å². The van der Waals surface area contributed by atoms with E-state index in [4.69, 9.17) is 23.7 Å². The van der Waals surface area contributed by atoms with Crippen molar-refractivity contribution in [3.05, 3.63) is 60.7 Å². The van der Waals surface area contributed by atoms with E-state index in [0.29, 0.717) is 37.7 Å². The minimum absolute atomic E-state index is 0.0752. The summed E-state index contributed by atoms with van der Waals surface area (Å²) in [4.78, 5) is 17.4. The fraction of sp³-hybridized carbons (Fsp3) is 0.345. The van der Waals surface area contributed by atoms with Crippen LogP contribution >= 0.6 is 0 Å². The third-order valence-corrected chi connectivity index (χ3v) is 8.69. The smallest absolute Gasteiger partial charge is 0.265 e. The molecule has 3 aromatic rings. The standard InChI is InChI=1S/C29H35N3O8S/c1-36-21-10-12-26(38-3)24(18-21)32(41(34,35)22-11-13-27(39-4)28(19-22)40-5)20-29(33)31-16-14-30(15-17-31)23-8-6-7-9-25(23)37-2/h6-13,18-19H,14-17,20H2,1-5H3. The Kier molecular flexibility index (Phi) is 9.33. The highest BCUT2D eigenvalue weighted by molar-refractivity contribution is 7.92. The number of nitrogens with zero attached hydrogens (tertiary/aromatic N) is 3. The first-order valence-electron chi connectivity index (χ1n) is 12.9. The monoisotopic (exact) mass is 585 g/mol. The molecular formula is C29H35N3O8S. The molecule has 0 unspecified atom stereocenters. The van der Waals surface area contributed by atoms with Crippen LogP contribution in [0.1, 0.15) is 0 Å². The highest BCUT2D eigenvalue weighted by atomic mass is 32.2. The fourth-order valence-electron chi connectivity index (χ4n) is 4.71. The zero-order chi connectivity index (χ0) is 29.6. The number of piperazine rings is 1. The zero-order valence-electron chi connectivity index (χ0n) is 23.8. The van der Waals surface area contributed by atoms with Gasteiger partial charge in [-0.2, -0.15) is 0 Å². The molecule has 220 valence electrons. The Morgan fingerprint density at radius 1 is 0.732 bits per heavy atom. The maximum absolute atomic E-state index is 14.1. The van der Waals surface area contributed by atoms with Gasteiger partial charge in [0.25, 0.3) is 10.0 Å². The highest BCUT2D eigenvalue weighted by Crippen LogP contribution is 2.38. The number of sulfonamides is 1. The van der Waals surface area contributed by atoms with E-state index in [1.807, 2.05) is 24.3 Å². The van der Waals surface area contributed by atoms with Crippen LogP contribution < -0.4 is 32.9 Å². The van der Waals surface area contributed by atoms with E-state index in [1.165, 1.54) is 52.7 Å². The van der Waals surface area contributed by atoms with Crippen LogP contribution in [0.2, 0.25) is 0 Å². The lowest BCUT2D eigenvalue weighted by atomic mass is 10.2. The van der Waals surface area contributed by atoms with Gasteiger partial charge in [0.15, 0.2) is 11.5 Å². The molecule has 41 heavy (non-hydrogen) atoms. The molecule has 0 radical (unpaired) electrons. The molecule has 3 aromatic carbocycles. The van der Waals surface area contributed by atoms with Gasteiger partial charge in [0, 0.05) is 38.3 Å². The van der Waals surface area contributed by atoms with Crippen molar-refractivity contribution in [2.45, 2.75) is 4.90 Å². The second-order valence-corrected chi connectivity index (χ2v) is 11.0. The molecule has 1 aliphatic heterocycles. The lowest BCUT2D eigenvalue weighted by Crippen LogP contribution is -2.52. The van der Waals surface area contributed by atoms with Gasteiger partial charge in [0.2, 0.25) is 5.91 Å². The number of methoxy groups -OCH3 is 5. The Morgan fingerprint density at radius 3 is 2.00 bits per heavy atom. The van der Waals surface area contributed by atoms with Crippen LogP contribution in [-0.4, -0.2) is 87.5 Å². The van der Waals surface area contributed by atoms with Gasteiger partial charge in [-0.1, -0.05) is 12.1 Å². The van der Waals surface area contributed by atoms with E-state index in [9.17, 15) is 13.2 Å². The Hall–Kier alpha value is -4.32. The SMILES string of the molecule is COc1ccc(OC)c(N(CC(=O)N2CCN(c3ccccc3OC)CC2)S(=O)(=O)c2ccc(OC)c(OC)c2)c1. The quantitative estimate of drug-likeness (QED) is 0.335. The van der Waals surface area contributed by atoms with Crippen molar-refractivity contribution in [1.82, 2.24) is 4.90 Å². The summed E-state index contributed by atoms with van der Waals surface area (Å²) in [7, 11) is 3.15. The normalized spacial score (nSPS) is 13.4. The molecule has 1 heterocycles. The predicted molar refractivity (Wildman–Crippen MR) is 155 cm³/mol. The molecule has 0 aromatic heterocycles. The number of anilines is 2. The molecule has 0 aliphatic carbocycles. The molecule has 0 spiro atoms. The minimum Gasteiger partial charge on any atom is -0.497 e. The summed E-state index contributed by atoms with van der Waals surface area (Å²) < 4.78 is 56.3. The molecule has 0 bridgehead atoms. The van der Waals surface area contributed by atoms with Crippen LogP contribution in [0, 0.1) is 0 Å². The van der Waals surface area contributed by atoms with Crippen molar-refractivity contribution >= 4 is 27.3 Å². The number of carbonyl (C=O) groups is 1. The Balaban J connectivity index is 1.65. The number of ether oxygens (including phenoxy) is 5. The van der Waals surface area contributed by atoms with Crippen LogP contribution in [0.15, 0.2) is 65.6 Å². The first kappa shape index (κ1) is 29.7.